The molecule has 4 nitrogen and oxygen atoms in total. The molecule has 18 heavy (non-hydrogen) atoms. The molecule has 0 amide bonds. The van der Waals surface area contributed by atoms with Gasteiger partial charge in [0.05, 0.1) is 6.04 Å². The molecule has 0 bridgehead atoms. The minimum atomic E-state index is -0.793. The Balaban J connectivity index is 2.02. The summed E-state index contributed by atoms with van der Waals surface area (Å²) in [6.07, 6.45) is 8.40. The normalized spacial score (nSPS) is 29.1. The highest BCUT2D eigenvalue weighted by molar-refractivity contribution is 7.10. The summed E-state index contributed by atoms with van der Waals surface area (Å²) in [5.74, 6) is 0. The van der Waals surface area contributed by atoms with E-state index < -0.39 is 5.60 Å². The predicted octanol–water partition coefficient (Wildman–Crippen LogP) is 2.73. The van der Waals surface area contributed by atoms with Gasteiger partial charge in [-0.2, -0.15) is 5.10 Å². The van der Waals surface area contributed by atoms with Crippen molar-refractivity contribution < 1.29 is 5.11 Å². The first-order chi connectivity index (χ1) is 8.81. The van der Waals surface area contributed by atoms with E-state index in [1.807, 2.05) is 22.2 Å². The van der Waals surface area contributed by atoms with Gasteiger partial charge >= 0.3 is 0 Å². The van der Waals surface area contributed by atoms with E-state index in [2.05, 4.69) is 10.1 Å². The Morgan fingerprint density at radius 1 is 1.39 bits per heavy atom. The first-order valence-corrected chi connectivity index (χ1v) is 7.29. The molecule has 1 saturated carbocycles. The molecule has 96 valence electrons. The molecule has 1 aliphatic rings. The molecule has 1 fully saturated rings. The molecule has 5 heteroatoms. The molecule has 2 heterocycles. The fourth-order valence-corrected chi connectivity index (χ4v) is 3.76. The van der Waals surface area contributed by atoms with Crippen molar-refractivity contribution in [3.05, 3.63) is 35.0 Å². The van der Waals surface area contributed by atoms with Crippen molar-refractivity contribution in [3.8, 4) is 0 Å². The van der Waals surface area contributed by atoms with Crippen LogP contribution in [0, 0.1) is 0 Å². The van der Waals surface area contributed by atoms with E-state index in [4.69, 9.17) is 0 Å². The van der Waals surface area contributed by atoms with Crippen molar-refractivity contribution in [3.63, 3.8) is 0 Å². The van der Waals surface area contributed by atoms with Crippen molar-refractivity contribution in [1.82, 2.24) is 14.8 Å². The van der Waals surface area contributed by atoms with Crippen LogP contribution < -0.4 is 0 Å². The van der Waals surface area contributed by atoms with E-state index in [0.29, 0.717) is 0 Å². The largest absolute Gasteiger partial charge is 0.382 e. The summed E-state index contributed by atoms with van der Waals surface area (Å²) in [7, 11) is 0. The molecule has 1 N–H and O–H groups in total. The molecule has 3 rings (SSSR count). The zero-order valence-electron chi connectivity index (χ0n) is 10.2. The summed E-state index contributed by atoms with van der Waals surface area (Å²) in [5.41, 5.74) is -0.793. The van der Waals surface area contributed by atoms with Gasteiger partial charge in [0.2, 0.25) is 0 Å². The summed E-state index contributed by atoms with van der Waals surface area (Å²) in [6.45, 7) is 0. The Labute approximate surface area is 110 Å². The SMILES string of the molecule is OC1(c2cccs2)CCCCCC1n1cncn1. The maximum absolute atomic E-state index is 11.2. The van der Waals surface area contributed by atoms with Gasteiger partial charge in [0.25, 0.3) is 0 Å². The Morgan fingerprint density at radius 3 is 3.06 bits per heavy atom. The number of aromatic nitrogens is 3. The van der Waals surface area contributed by atoms with E-state index in [9.17, 15) is 5.11 Å². The highest BCUT2D eigenvalue weighted by atomic mass is 32.1. The molecule has 0 spiro atoms. The van der Waals surface area contributed by atoms with Gasteiger partial charge in [0.15, 0.2) is 0 Å². The average molecular weight is 263 g/mol. The molecular formula is C13H17N3OS. The first-order valence-electron chi connectivity index (χ1n) is 6.41. The number of rotatable bonds is 2. The number of aliphatic hydroxyl groups is 1. The van der Waals surface area contributed by atoms with Crippen LogP contribution in [0.3, 0.4) is 0 Å². The maximum Gasteiger partial charge on any atom is 0.137 e. The highest BCUT2D eigenvalue weighted by Gasteiger charge is 2.41. The second-order valence-electron chi connectivity index (χ2n) is 4.89. The fourth-order valence-electron chi connectivity index (χ4n) is 2.86. The van der Waals surface area contributed by atoms with Gasteiger partial charge in [-0.3, -0.25) is 0 Å². The van der Waals surface area contributed by atoms with Gasteiger partial charge < -0.3 is 5.11 Å². The molecule has 0 saturated heterocycles. The monoisotopic (exact) mass is 263 g/mol. The number of nitrogens with zero attached hydrogens (tertiary/aromatic N) is 3. The van der Waals surface area contributed by atoms with Crippen molar-refractivity contribution in [2.45, 2.75) is 43.7 Å². The number of thiophene rings is 1. The van der Waals surface area contributed by atoms with Crippen LogP contribution in [0.2, 0.25) is 0 Å². The summed E-state index contributed by atoms with van der Waals surface area (Å²) < 4.78 is 1.82. The molecule has 2 atom stereocenters. The first kappa shape index (κ1) is 11.9. The molecule has 0 aliphatic heterocycles. The van der Waals surface area contributed by atoms with Crippen molar-refractivity contribution in [1.29, 1.82) is 0 Å². The van der Waals surface area contributed by atoms with Gasteiger partial charge in [-0.05, 0) is 24.3 Å². The lowest BCUT2D eigenvalue weighted by atomic mass is 9.88. The van der Waals surface area contributed by atoms with Crippen LogP contribution >= 0.6 is 11.3 Å². The summed E-state index contributed by atoms with van der Waals surface area (Å²) in [5, 5.41) is 17.4. The van der Waals surface area contributed by atoms with E-state index in [1.165, 1.54) is 6.42 Å². The number of hydrogen-bond acceptors (Lipinski definition) is 4. The third-order valence-electron chi connectivity index (χ3n) is 3.79. The van der Waals surface area contributed by atoms with Gasteiger partial charge in [0, 0.05) is 4.88 Å². The molecule has 2 aromatic heterocycles. The zero-order chi connectivity index (χ0) is 12.4. The maximum atomic E-state index is 11.2. The van der Waals surface area contributed by atoms with Crippen molar-refractivity contribution >= 4 is 11.3 Å². The lowest BCUT2D eigenvalue weighted by molar-refractivity contribution is -0.0253. The molecule has 1 aliphatic carbocycles. The third-order valence-corrected chi connectivity index (χ3v) is 4.83. The standard InChI is InChI=1S/C13H17N3OS/c17-13(12-6-4-8-18-12)7-3-1-2-5-11(13)16-10-14-9-15-16/h4,6,8-11,17H,1-3,5,7H2. The molecule has 2 aromatic rings. The van der Waals surface area contributed by atoms with Gasteiger partial charge in [-0.15, -0.1) is 11.3 Å². The predicted molar refractivity (Wildman–Crippen MR) is 70.4 cm³/mol. The van der Waals surface area contributed by atoms with Gasteiger partial charge in [-0.25, -0.2) is 9.67 Å². The average Bonchev–Trinajstić information content (AvgIpc) is 3.03. The second-order valence-corrected chi connectivity index (χ2v) is 5.84. The molecule has 2 unspecified atom stereocenters. The quantitative estimate of drug-likeness (QED) is 0.848. The van der Waals surface area contributed by atoms with Crippen molar-refractivity contribution in [2.24, 2.45) is 0 Å². The third kappa shape index (κ3) is 1.97. The van der Waals surface area contributed by atoms with Crippen LogP contribution in [-0.2, 0) is 5.60 Å². The van der Waals surface area contributed by atoms with E-state index in [-0.39, 0.29) is 6.04 Å². The van der Waals surface area contributed by atoms with Crippen LogP contribution in [0.4, 0.5) is 0 Å². The van der Waals surface area contributed by atoms with E-state index in [0.717, 1.165) is 30.6 Å². The van der Waals surface area contributed by atoms with Gasteiger partial charge in [-0.1, -0.05) is 25.3 Å². The lowest BCUT2D eigenvalue weighted by Crippen LogP contribution is -2.35. The topological polar surface area (TPSA) is 50.9 Å². The smallest absolute Gasteiger partial charge is 0.137 e. The Morgan fingerprint density at radius 2 is 2.33 bits per heavy atom. The summed E-state index contributed by atoms with van der Waals surface area (Å²) >= 11 is 1.63. The lowest BCUT2D eigenvalue weighted by Gasteiger charge is -2.34. The van der Waals surface area contributed by atoms with Crippen LogP contribution in [0.5, 0.6) is 0 Å². The zero-order valence-corrected chi connectivity index (χ0v) is 11.0. The second kappa shape index (κ2) is 4.82. The number of hydrogen-bond donors (Lipinski definition) is 1. The van der Waals surface area contributed by atoms with Crippen LogP contribution in [0.15, 0.2) is 30.2 Å². The minimum absolute atomic E-state index is 0.00106. The van der Waals surface area contributed by atoms with Crippen LogP contribution in [0.1, 0.15) is 43.0 Å². The Bertz CT molecular complexity index is 482. The van der Waals surface area contributed by atoms with E-state index in [1.54, 1.807) is 24.0 Å². The fraction of sp³-hybridized carbons (Fsp3) is 0.538. The minimum Gasteiger partial charge on any atom is -0.382 e. The summed E-state index contributed by atoms with van der Waals surface area (Å²) in [4.78, 5) is 5.07. The molecule has 0 aromatic carbocycles. The molecular weight excluding hydrogens is 246 g/mol. The van der Waals surface area contributed by atoms with Gasteiger partial charge in [0.1, 0.15) is 18.3 Å². The van der Waals surface area contributed by atoms with E-state index >= 15 is 0 Å². The Kier molecular flexibility index (Phi) is 3.18. The van der Waals surface area contributed by atoms with Crippen LogP contribution in [0.25, 0.3) is 0 Å². The Hall–Kier alpha value is -1.20. The summed E-state index contributed by atoms with van der Waals surface area (Å²) in [6, 6.07) is 4.03. The highest BCUT2D eigenvalue weighted by Crippen LogP contribution is 2.44. The van der Waals surface area contributed by atoms with Crippen LogP contribution in [-0.4, -0.2) is 19.9 Å². The molecule has 0 radical (unpaired) electrons. The van der Waals surface area contributed by atoms with Crippen molar-refractivity contribution in [2.75, 3.05) is 0 Å².